The smallest absolute Gasteiger partial charge is 0.245 e. The van der Waals surface area contributed by atoms with Gasteiger partial charge in [-0.15, -0.1) is 0 Å². The second-order valence-corrected chi connectivity index (χ2v) is 4.18. The normalized spacial score (nSPS) is 10.3. The highest BCUT2D eigenvalue weighted by Crippen LogP contribution is 2.35. The van der Waals surface area contributed by atoms with Crippen molar-refractivity contribution in [2.24, 2.45) is 0 Å². The first-order valence-corrected chi connectivity index (χ1v) is 5.96. The minimum Gasteiger partial charge on any atom is -0.495 e. The van der Waals surface area contributed by atoms with Gasteiger partial charge in [0.1, 0.15) is 11.5 Å². The molecule has 102 valence electrons. The summed E-state index contributed by atoms with van der Waals surface area (Å²) in [6.07, 6.45) is 0. The van der Waals surface area contributed by atoms with Gasteiger partial charge in [0.15, 0.2) is 5.82 Å². The Morgan fingerprint density at radius 3 is 2.58 bits per heavy atom. The monoisotopic (exact) mass is 283 g/mol. The number of hydrogen-bond acceptors (Lipinski definition) is 6. The van der Waals surface area contributed by atoms with E-state index in [-0.39, 0.29) is 0 Å². The molecule has 0 bridgehead atoms. The summed E-state index contributed by atoms with van der Waals surface area (Å²) in [6, 6.07) is 3.44. The number of ether oxygens (including phenoxy) is 2. The molecular weight excluding hydrogens is 270 g/mol. The molecule has 0 aliphatic heterocycles. The molecule has 1 N–H and O–H groups in total. The molecule has 0 fully saturated rings. The standard InChI is InChI=1S/C12H14ClN3O3/c1-7-15-12(19-16-7)6-14-9-5-10(17-2)8(13)4-11(9)18-3/h4-5,14H,6H2,1-3H3. The lowest BCUT2D eigenvalue weighted by atomic mass is 10.2. The summed E-state index contributed by atoms with van der Waals surface area (Å²) >= 11 is 6.03. The Bertz CT molecular complexity index is 571. The summed E-state index contributed by atoms with van der Waals surface area (Å²) in [5.41, 5.74) is 0.736. The van der Waals surface area contributed by atoms with E-state index in [1.807, 2.05) is 0 Å². The number of anilines is 1. The van der Waals surface area contributed by atoms with Crippen molar-refractivity contribution in [1.82, 2.24) is 10.1 Å². The quantitative estimate of drug-likeness (QED) is 0.910. The van der Waals surface area contributed by atoms with Gasteiger partial charge >= 0.3 is 0 Å². The van der Waals surface area contributed by atoms with Crippen LogP contribution in [0.4, 0.5) is 5.69 Å². The van der Waals surface area contributed by atoms with E-state index in [2.05, 4.69) is 15.5 Å². The summed E-state index contributed by atoms with van der Waals surface area (Å²) in [6.45, 7) is 2.15. The first kappa shape index (κ1) is 13.5. The first-order chi connectivity index (χ1) is 9.13. The fourth-order valence-corrected chi connectivity index (χ4v) is 1.81. The summed E-state index contributed by atoms with van der Waals surface area (Å²) < 4.78 is 15.4. The topological polar surface area (TPSA) is 69.4 Å². The molecular formula is C12H14ClN3O3. The van der Waals surface area contributed by atoms with Crippen molar-refractivity contribution in [3.8, 4) is 11.5 Å². The Kier molecular flexibility index (Phi) is 4.11. The van der Waals surface area contributed by atoms with Crippen molar-refractivity contribution >= 4 is 17.3 Å². The number of aryl methyl sites for hydroxylation is 1. The maximum Gasteiger partial charge on any atom is 0.245 e. The predicted molar refractivity (Wildman–Crippen MR) is 70.9 cm³/mol. The average molecular weight is 284 g/mol. The maximum absolute atomic E-state index is 6.03. The fraction of sp³-hybridized carbons (Fsp3) is 0.333. The van der Waals surface area contributed by atoms with Crippen LogP contribution in [0, 0.1) is 6.92 Å². The predicted octanol–water partition coefficient (Wildman–Crippen LogP) is 2.66. The van der Waals surface area contributed by atoms with Gasteiger partial charge in [-0.1, -0.05) is 16.8 Å². The highest BCUT2D eigenvalue weighted by atomic mass is 35.5. The Hall–Kier alpha value is -1.95. The number of hydrogen-bond donors (Lipinski definition) is 1. The van der Waals surface area contributed by atoms with E-state index in [1.54, 1.807) is 33.3 Å². The number of nitrogens with one attached hydrogen (secondary N) is 1. The first-order valence-electron chi connectivity index (χ1n) is 5.58. The van der Waals surface area contributed by atoms with Crippen molar-refractivity contribution < 1.29 is 14.0 Å². The molecule has 0 unspecified atom stereocenters. The van der Waals surface area contributed by atoms with Gasteiger partial charge in [0.25, 0.3) is 0 Å². The maximum atomic E-state index is 6.03. The second-order valence-electron chi connectivity index (χ2n) is 3.78. The minimum atomic E-state index is 0.391. The molecule has 6 nitrogen and oxygen atoms in total. The van der Waals surface area contributed by atoms with E-state index >= 15 is 0 Å². The van der Waals surface area contributed by atoms with Crippen molar-refractivity contribution in [3.63, 3.8) is 0 Å². The van der Waals surface area contributed by atoms with E-state index < -0.39 is 0 Å². The van der Waals surface area contributed by atoms with Crippen LogP contribution in [0.15, 0.2) is 16.7 Å². The van der Waals surface area contributed by atoms with Gasteiger partial charge < -0.3 is 19.3 Å². The lowest BCUT2D eigenvalue weighted by Gasteiger charge is -2.12. The Morgan fingerprint density at radius 2 is 2.00 bits per heavy atom. The molecule has 0 saturated heterocycles. The van der Waals surface area contributed by atoms with Crippen LogP contribution in [-0.4, -0.2) is 24.4 Å². The van der Waals surface area contributed by atoms with E-state index in [0.29, 0.717) is 34.8 Å². The van der Waals surface area contributed by atoms with Crippen LogP contribution >= 0.6 is 11.6 Å². The Morgan fingerprint density at radius 1 is 1.26 bits per heavy atom. The molecule has 0 aliphatic carbocycles. The van der Waals surface area contributed by atoms with Crippen molar-refractivity contribution in [2.75, 3.05) is 19.5 Å². The van der Waals surface area contributed by atoms with Crippen molar-refractivity contribution in [1.29, 1.82) is 0 Å². The molecule has 0 saturated carbocycles. The highest BCUT2D eigenvalue weighted by Gasteiger charge is 2.11. The molecule has 0 aliphatic rings. The van der Waals surface area contributed by atoms with E-state index in [0.717, 1.165) is 5.69 Å². The molecule has 0 radical (unpaired) electrons. The van der Waals surface area contributed by atoms with Gasteiger partial charge in [0.2, 0.25) is 5.89 Å². The average Bonchev–Trinajstić information content (AvgIpc) is 2.82. The van der Waals surface area contributed by atoms with Gasteiger partial charge in [0, 0.05) is 12.1 Å². The Labute approximate surface area is 115 Å². The molecule has 1 heterocycles. The molecule has 0 atom stereocenters. The van der Waals surface area contributed by atoms with Gasteiger partial charge in [-0.25, -0.2) is 0 Å². The molecule has 1 aromatic heterocycles. The highest BCUT2D eigenvalue weighted by molar-refractivity contribution is 6.32. The molecule has 2 aromatic rings. The van der Waals surface area contributed by atoms with Crippen LogP contribution in [0.5, 0.6) is 11.5 Å². The number of aromatic nitrogens is 2. The largest absolute Gasteiger partial charge is 0.495 e. The van der Waals surface area contributed by atoms with Crippen LogP contribution < -0.4 is 14.8 Å². The zero-order valence-electron chi connectivity index (χ0n) is 10.9. The third-order valence-electron chi connectivity index (χ3n) is 2.47. The van der Waals surface area contributed by atoms with Gasteiger partial charge in [-0.05, 0) is 6.92 Å². The summed E-state index contributed by atoms with van der Waals surface area (Å²) in [7, 11) is 3.12. The SMILES string of the molecule is COc1cc(NCc2nc(C)no2)c(OC)cc1Cl. The molecule has 2 rings (SSSR count). The van der Waals surface area contributed by atoms with Crippen molar-refractivity contribution in [2.45, 2.75) is 13.5 Å². The zero-order chi connectivity index (χ0) is 13.8. The molecule has 7 heteroatoms. The van der Waals surface area contributed by atoms with Crippen LogP contribution in [0.3, 0.4) is 0 Å². The summed E-state index contributed by atoms with van der Waals surface area (Å²) in [4.78, 5) is 4.10. The van der Waals surface area contributed by atoms with E-state index in [1.165, 1.54) is 0 Å². The summed E-state index contributed by atoms with van der Waals surface area (Å²) in [5.74, 6) is 2.26. The van der Waals surface area contributed by atoms with Crippen LogP contribution in [0.25, 0.3) is 0 Å². The second kappa shape index (κ2) is 5.79. The minimum absolute atomic E-state index is 0.391. The Balaban J connectivity index is 2.18. The lowest BCUT2D eigenvalue weighted by molar-refractivity contribution is 0.378. The molecule has 0 spiro atoms. The van der Waals surface area contributed by atoms with E-state index in [4.69, 9.17) is 25.6 Å². The molecule has 0 amide bonds. The van der Waals surface area contributed by atoms with Crippen LogP contribution in [0.2, 0.25) is 5.02 Å². The molecule has 1 aromatic carbocycles. The van der Waals surface area contributed by atoms with Crippen LogP contribution in [0.1, 0.15) is 11.7 Å². The fourth-order valence-electron chi connectivity index (χ4n) is 1.58. The molecule has 19 heavy (non-hydrogen) atoms. The number of nitrogens with zero attached hydrogens (tertiary/aromatic N) is 2. The number of benzene rings is 1. The number of halogens is 1. The number of rotatable bonds is 5. The van der Waals surface area contributed by atoms with E-state index in [9.17, 15) is 0 Å². The van der Waals surface area contributed by atoms with Gasteiger partial charge in [-0.3, -0.25) is 0 Å². The van der Waals surface area contributed by atoms with Gasteiger partial charge in [-0.2, -0.15) is 4.98 Å². The zero-order valence-corrected chi connectivity index (χ0v) is 11.6. The third-order valence-corrected chi connectivity index (χ3v) is 2.77. The van der Waals surface area contributed by atoms with Crippen molar-refractivity contribution in [3.05, 3.63) is 28.9 Å². The van der Waals surface area contributed by atoms with Crippen LogP contribution in [-0.2, 0) is 6.54 Å². The number of methoxy groups -OCH3 is 2. The van der Waals surface area contributed by atoms with Gasteiger partial charge in [0.05, 0.1) is 31.5 Å². The summed E-state index contributed by atoms with van der Waals surface area (Å²) in [5, 5.41) is 7.34. The lowest BCUT2D eigenvalue weighted by Crippen LogP contribution is -2.02. The third kappa shape index (κ3) is 3.08.